The summed E-state index contributed by atoms with van der Waals surface area (Å²) in [6.45, 7) is 1.71. The van der Waals surface area contributed by atoms with Gasteiger partial charge in [0.15, 0.2) is 11.6 Å². The zero-order valence-electron chi connectivity index (χ0n) is 14.8. The van der Waals surface area contributed by atoms with Gasteiger partial charge in [0, 0.05) is 11.8 Å². The number of anilines is 1. The maximum absolute atomic E-state index is 13.7. The van der Waals surface area contributed by atoms with E-state index < -0.39 is 29.8 Å². The minimum absolute atomic E-state index is 0.0607. The maximum Gasteiger partial charge on any atom is 0.325 e. The van der Waals surface area contributed by atoms with E-state index in [2.05, 4.69) is 17.6 Å². The first-order chi connectivity index (χ1) is 12.3. The highest BCUT2D eigenvalue weighted by atomic mass is 19.1. The molecule has 140 valence electrons. The van der Waals surface area contributed by atoms with Gasteiger partial charge in [0.2, 0.25) is 5.91 Å². The molecule has 0 aromatic heterocycles. The molecule has 1 saturated carbocycles. The van der Waals surface area contributed by atoms with Crippen molar-refractivity contribution in [2.75, 3.05) is 19.0 Å². The number of ether oxygens (including phenoxy) is 1. The molecule has 0 radical (unpaired) electrons. The lowest BCUT2D eigenvalue weighted by Crippen LogP contribution is -2.49. The molecule has 2 N–H and O–H groups in total. The highest BCUT2D eigenvalue weighted by Gasteiger charge is 2.52. The number of carbonyl (C=O) groups is 3. The highest BCUT2D eigenvalue weighted by molar-refractivity contribution is 6.10. The third-order valence-corrected chi connectivity index (χ3v) is 5.11. The second-order valence-corrected chi connectivity index (χ2v) is 6.98. The fraction of sp³-hybridized carbons (Fsp3) is 0.500. The van der Waals surface area contributed by atoms with Gasteiger partial charge >= 0.3 is 6.03 Å². The lowest BCUT2D eigenvalue weighted by atomic mass is 9.77. The molecule has 3 rings (SSSR count). The van der Waals surface area contributed by atoms with Gasteiger partial charge in [0.1, 0.15) is 12.1 Å². The van der Waals surface area contributed by atoms with E-state index in [0.29, 0.717) is 18.8 Å². The van der Waals surface area contributed by atoms with Gasteiger partial charge < -0.3 is 15.4 Å². The molecular formula is C18H22FN3O4. The molecule has 2 fully saturated rings. The van der Waals surface area contributed by atoms with Crippen LogP contribution in [0.5, 0.6) is 5.75 Å². The Balaban J connectivity index is 1.65. The molecule has 1 aliphatic carbocycles. The predicted octanol–water partition coefficient (Wildman–Crippen LogP) is 2.27. The van der Waals surface area contributed by atoms with Crippen LogP contribution in [-0.2, 0) is 9.59 Å². The molecule has 1 spiro atoms. The van der Waals surface area contributed by atoms with Gasteiger partial charge in [-0.3, -0.25) is 14.5 Å². The van der Waals surface area contributed by atoms with Gasteiger partial charge in [-0.1, -0.05) is 6.92 Å². The topological polar surface area (TPSA) is 87.7 Å². The molecule has 1 heterocycles. The van der Waals surface area contributed by atoms with E-state index in [-0.39, 0.29) is 17.3 Å². The summed E-state index contributed by atoms with van der Waals surface area (Å²) in [5.74, 6) is -0.960. The smallest absolute Gasteiger partial charge is 0.325 e. The first kappa shape index (κ1) is 18.2. The quantitative estimate of drug-likeness (QED) is 0.804. The number of imide groups is 1. The Bertz CT molecular complexity index is 744. The Morgan fingerprint density at radius 3 is 2.69 bits per heavy atom. The van der Waals surface area contributed by atoms with Crippen LogP contribution in [0.1, 0.15) is 32.6 Å². The molecule has 0 atom stereocenters. The molecule has 1 saturated heterocycles. The van der Waals surface area contributed by atoms with Gasteiger partial charge in [-0.05, 0) is 43.7 Å². The van der Waals surface area contributed by atoms with Crippen LogP contribution < -0.4 is 15.4 Å². The molecule has 7 nitrogen and oxygen atoms in total. The number of urea groups is 1. The van der Waals surface area contributed by atoms with Gasteiger partial charge in [-0.25, -0.2) is 9.18 Å². The molecule has 8 heteroatoms. The second-order valence-electron chi connectivity index (χ2n) is 6.98. The van der Waals surface area contributed by atoms with Crippen LogP contribution >= 0.6 is 0 Å². The first-order valence-corrected chi connectivity index (χ1v) is 8.62. The van der Waals surface area contributed by atoms with Crippen molar-refractivity contribution in [2.45, 2.75) is 38.1 Å². The van der Waals surface area contributed by atoms with Crippen molar-refractivity contribution in [3.63, 3.8) is 0 Å². The molecule has 1 aromatic rings. The number of amides is 4. The molecule has 2 aliphatic rings. The Hall–Kier alpha value is -2.64. The molecule has 1 aliphatic heterocycles. The Labute approximate surface area is 150 Å². The summed E-state index contributed by atoms with van der Waals surface area (Å²) in [5.41, 5.74) is -0.655. The average molecular weight is 363 g/mol. The minimum atomic E-state index is -0.879. The Morgan fingerprint density at radius 2 is 2.08 bits per heavy atom. The SMILES string of the molecule is COc1ccc(NC(=O)CN2C(=O)NC3(CCC(C)CC3)C2=O)cc1F. The molecule has 26 heavy (non-hydrogen) atoms. The van der Waals surface area contributed by atoms with Crippen molar-refractivity contribution in [1.82, 2.24) is 10.2 Å². The molecule has 0 unspecified atom stereocenters. The number of nitrogens with one attached hydrogen (secondary N) is 2. The lowest BCUT2D eigenvalue weighted by molar-refractivity contribution is -0.135. The standard InChI is InChI=1S/C18H22FN3O4/c1-11-5-7-18(8-6-11)16(24)22(17(25)21-18)10-15(23)20-12-3-4-14(26-2)13(19)9-12/h3-4,9,11H,5-8,10H2,1-2H3,(H,20,23)(H,21,25). The number of nitrogens with zero attached hydrogens (tertiary/aromatic N) is 1. The van der Waals surface area contributed by atoms with Crippen molar-refractivity contribution in [1.29, 1.82) is 0 Å². The average Bonchev–Trinajstić information content (AvgIpc) is 2.82. The van der Waals surface area contributed by atoms with Crippen molar-refractivity contribution in [3.8, 4) is 5.75 Å². The number of halogens is 1. The van der Waals surface area contributed by atoms with Crippen LogP contribution in [0.4, 0.5) is 14.9 Å². The molecular weight excluding hydrogens is 341 g/mol. The van der Waals surface area contributed by atoms with Gasteiger partial charge in [-0.15, -0.1) is 0 Å². The van der Waals surface area contributed by atoms with Crippen LogP contribution in [0.15, 0.2) is 18.2 Å². The van der Waals surface area contributed by atoms with E-state index in [1.807, 2.05) is 0 Å². The summed E-state index contributed by atoms with van der Waals surface area (Å²) in [5, 5.41) is 5.26. The van der Waals surface area contributed by atoms with Gasteiger partial charge in [0.25, 0.3) is 5.91 Å². The monoisotopic (exact) mass is 363 g/mol. The second kappa shape index (κ2) is 6.93. The summed E-state index contributed by atoms with van der Waals surface area (Å²) in [6.07, 6.45) is 2.88. The molecule has 0 bridgehead atoms. The number of carbonyl (C=O) groups excluding carboxylic acids is 3. The lowest BCUT2D eigenvalue weighted by Gasteiger charge is -2.33. The van der Waals surface area contributed by atoms with Crippen molar-refractivity contribution in [3.05, 3.63) is 24.0 Å². The van der Waals surface area contributed by atoms with Crippen LogP contribution in [-0.4, -0.2) is 41.9 Å². The van der Waals surface area contributed by atoms with E-state index in [1.54, 1.807) is 0 Å². The summed E-state index contributed by atoms with van der Waals surface area (Å²) in [6, 6.07) is 3.43. The Kier molecular flexibility index (Phi) is 4.84. The fourth-order valence-corrected chi connectivity index (χ4v) is 3.50. The van der Waals surface area contributed by atoms with Crippen molar-refractivity contribution >= 4 is 23.5 Å². The number of methoxy groups -OCH3 is 1. The number of hydrogen-bond acceptors (Lipinski definition) is 4. The fourth-order valence-electron chi connectivity index (χ4n) is 3.50. The molecule has 4 amide bonds. The third kappa shape index (κ3) is 3.36. The minimum Gasteiger partial charge on any atom is -0.494 e. The van der Waals surface area contributed by atoms with E-state index in [0.717, 1.165) is 23.8 Å². The highest BCUT2D eigenvalue weighted by Crippen LogP contribution is 2.36. The van der Waals surface area contributed by atoms with Gasteiger partial charge in [0.05, 0.1) is 7.11 Å². The summed E-state index contributed by atoms with van der Waals surface area (Å²) in [4.78, 5) is 38.1. The largest absolute Gasteiger partial charge is 0.494 e. The van der Waals surface area contributed by atoms with Crippen LogP contribution in [0, 0.1) is 11.7 Å². The number of hydrogen-bond donors (Lipinski definition) is 2. The number of rotatable bonds is 4. The zero-order chi connectivity index (χ0) is 18.9. The van der Waals surface area contributed by atoms with E-state index in [4.69, 9.17) is 4.74 Å². The zero-order valence-corrected chi connectivity index (χ0v) is 14.8. The van der Waals surface area contributed by atoms with E-state index in [1.165, 1.54) is 19.2 Å². The summed E-state index contributed by atoms with van der Waals surface area (Å²) < 4.78 is 18.5. The summed E-state index contributed by atoms with van der Waals surface area (Å²) in [7, 11) is 1.34. The number of benzene rings is 1. The Morgan fingerprint density at radius 1 is 1.38 bits per heavy atom. The van der Waals surface area contributed by atoms with Crippen molar-refractivity contribution in [2.24, 2.45) is 5.92 Å². The van der Waals surface area contributed by atoms with Gasteiger partial charge in [-0.2, -0.15) is 0 Å². The van der Waals surface area contributed by atoms with Crippen molar-refractivity contribution < 1.29 is 23.5 Å². The summed E-state index contributed by atoms with van der Waals surface area (Å²) >= 11 is 0. The van der Waals surface area contributed by atoms with Crippen LogP contribution in [0.2, 0.25) is 0 Å². The van der Waals surface area contributed by atoms with Crippen LogP contribution in [0.25, 0.3) is 0 Å². The first-order valence-electron chi connectivity index (χ1n) is 8.62. The normalized spacial score (nSPS) is 25.3. The maximum atomic E-state index is 13.7. The van der Waals surface area contributed by atoms with E-state index >= 15 is 0 Å². The van der Waals surface area contributed by atoms with E-state index in [9.17, 15) is 18.8 Å². The third-order valence-electron chi connectivity index (χ3n) is 5.11. The predicted molar refractivity (Wildman–Crippen MR) is 92.2 cm³/mol. The van der Waals surface area contributed by atoms with Crippen LogP contribution in [0.3, 0.4) is 0 Å². The molecule has 1 aromatic carbocycles.